The maximum absolute atomic E-state index is 12.2. The van der Waals surface area contributed by atoms with Crippen molar-refractivity contribution in [1.29, 1.82) is 0 Å². The summed E-state index contributed by atoms with van der Waals surface area (Å²) in [5.41, 5.74) is 5.52. The van der Waals surface area contributed by atoms with Gasteiger partial charge in [0.25, 0.3) is 0 Å². The zero-order valence-corrected chi connectivity index (χ0v) is 16.4. The average Bonchev–Trinajstić information content (AvgIpc) is 2.67. The number of amides is 1. The van der Waals surface area contributed by atoms with E-state index in [1.807, 2.05) is 37.3 Å². The van der Waals surface area contributed by atoms with Crippen molar-refractivity contribution in [2.24, 2.45) is 5.92 Å². The highest BCUT2D eigenvalue weighted by Crippen LogP contribution is 2.33. The van der Waals surface area contributed by atoms with E-state index in [9.17, 15) is 4.79 Å². The van der Waals surface area contributed by atoms with Gasteiger partial charge in [-0.15, -0.1) is 0 Å². The third kappa shape index (κ3) is 5.30. The van der Waals surface area contributed by atoms with Crippen molar-refractivity contribution < 1.29 is 9.53 Å². The van der Waals surface area contributed by atoms with Crippen LogP contribution in [0, 0.1) is 25.7 Å². The predicted molar refractivity (Wildman–Crippen MR) is 112 cm³/mol. The Labute approximate surface area is 162 Å². The Morgan fingerprint density at radius 1 is 1.11 bits per heavy atom. The quantitative estimate of drug-likeness (QED) is 0.731. The minimum atomic E-state index is -0.117. The van der Waals surface area contributed by atoms with E-state index in [1.165, 1.54) is 22.6 Å². The number of anilines is 1. The normalized spacial score (nSPS) is 15.4. The molecule has 0 saturated carbocycles. The summed E-state index contributed by atoms with van der Waals surface area (Å²) in [6.07, 6.45) is 5.60. The van der Waals surface area contributed by atoms with Crippen LogP contribution in [0.1, 0.15) is 42.0 Å². The molecule has 1 N–H and O–H groups in total. The van der Waals surface area contributed by atoms with E-state index < -0.39 is 0 Å². The van der Waals surface area contributed by atoms with Crippen LogP contribution < -0.4 is 5.32 Å². The van der Waals surface area contributed by atoms with Crippen molar-refractivity contribution >= 4 is 17.7 Å². The Morgan fingerprint density at radius 3 is 2.59 bits per heavy atom. The van der Waals surface area contributed by atoms with Crippen LogP contribution >= 0.6 is 0 Å². The van der Waals surface area contributed by atoms with Crippen LogP contribution in [0.15, 0.2) is 48.5 Å². The molecule has 3 heteroatoms. The van der Waals surface area contributed by atoms with Gasteiger partial charge in [0.1, 0.15) is 0 Å². The van der Waals surface area contributed by atoms with E-state index in [-0.39, 0.29) is 5.91 Å². The molecule has 2 aromatic carbocycles. The molecule has 0 aromatic heterocycles. The molecule has 3 nitrogen and oxygen atoms in total. The second-order valence-corrected chi connectivity index (χ2v) is 7.34. The van der Waals surface area contributed by atoms with E-state index in [2.05, 4.69) is 37.4 Å². The maximum Gasteiger partial charge on any atom is 0.248 e. The van der Waals surface area contributed by atoms with Crippen LogP contribution in [0.25, 0.3) is 6.08 Å². The Balaban J connectivity index is 1.63. The molecule has 1 saturated heterocycles. The van der Waals surface area contributed by atoms with Crippen LogP contribution in [-0.2, 0) is 9.53 Å². The van der Waals surface area contributed by atoms with E-state index in [0.717, 1.165) is 37.3 Å². The molecule has 0 aliphatic carbocycles. The number of carbonyl (C=O) groups excluding carboxylic acids is 1. The van der Waals surface area contributed by atoms with Crippen LogP contribution in [0.2, 0.25) is 0 Å². The van der Waals surface area contributed by atoms with Crippen LogP contribution in [0.3, 0.4) is 0 Å². The lowest BCUT2D eigenvalue weighted by atomic mass is 9.81. The molecule has 0 spiro atoms. The van der Waals surface area contributed by atoms with Crippen molar-refractivity contribution in [3.8, 4) is 0 Å². The van der Waals surface area contributed by atoms with Crippen molar-refractivity contribution in [2.45, 2.75) is 33.6 Å². The lowest BCUT2D eigenvalue weighted by Crippen LogP contribution is -2.21. The Kier molecular flexibility index (Phi) is 6.46. The SMILES string of the molecule is C[C](c1ccc(NC(=O)C=Cc2cccc(C)c2)cc1C)C1CCOCC1. The Hall–Kier alpha value is -2.39. The molecule has 1 radical (unpaired) electrons. The first-order valence-corrected chi connectivity index (χ1v) is 9.61. The van der Waals surface area contributed by atoms with Gasteiger partial charge in [-0.1, -0.05) is 42.8 Å². The summed E-state index contributed by atoms with van der Waals surface area (Å²) in [4.78, 5) is 12.2. The van der Waals surface area contributed by atoms with Gasteiger partial charge in [0.05, 0.1) is 0 Å². The molecule has 0 unspecified atom stereocenters. The fourth-order valence-corrected chi connectivity index (χ4v) is 3.66. The smallest absolute Gasteiger partial charge is 0.248 e. The molecule has 0 bridgehead atoms. The average molecular weight is 362 g/mol. The van der Waals surface area contributed by atoms with Crippen LogP contribution in [0.4, 0.5) is 5.69 Å². The molecular weight excluding hydrogens is 334 g/mol. The predicted octanol–water partition coefficient (Wildman–Crippen LogP) is 5.32. The van der Waals surface area contributed by atoms with Gasteiger partial charge in [0.15, 0.2) is 0 Å². The van der Waals surface area contributed by atoms with Crippen molar-refractivity contribution in [1.82, 2.24) is 0 Å². The fourth-order valence-electron chi connectivity index (χ4n) is 3.66. The maximum atomic E-state index is 12.2. The number of aryl methyl sites for hydroxylation is 2. The third-order valence-electron chi connectivity index (χ3n) is 5.22. The number of hydrogen-bond acceptors (Lipinski definition) is 2. The Bertz CT molecular complexity index is 819. The van der Waals surface area contributed by atoms with Gasteiger partial charge in [0, 0.05) is 30.9 Å². The van der Waals surface area contributed by atoms with E-state index in [0.29, 0.717) is 5.92 Å². The minimum Gasteiger partial charge on any atom is -0.381 e. The second-order valence-electron chi connectivity index (χ2n) is 7.34. The van der Waals surface area contributed by atoms with E-state index >= 15 is 0 Å². The number of benzene rings is 2. The van der Waals surface area contributed by atoms with Gasteiger partial charge in [-0.3, -0.25) is 4.79 Å². The van der Waals surface area contributed by atoms with E-state index in [1.54, 1.807) is 6.08 Å². The van der Waals surface area contributed by atoms with Gasteiger partial charge < -0.3 is 10.1 Å². The number of hydrogen-bond donors (Lipinski definition) is 1. The number of rotatable bonds is 5. The highest BCUT2D eigenvalue weighted by atomic mass is 16.5. The molecule has 1 fully saturated rings. The Morgan fingerprint density at radius 2 is 1.89 bits per heavy atom. The van der Waals surface area contributed by atoms with Gasteiger partial charge in [0.2, 0.25) is 5.91 Å². The van der Waals surface area contributed by atoms with Gasteiger partial charge >= 0.3 is 0 Å². The molecule has 3 rings (SSSR count). The van der Waals surface area contributed by atoms with Crippen LogP contribution in [0.5, 0.6) is 0 Å². The highest BCUT2D eigenvalue weighted by molar-refractivity contribution is 6.02. The summed E-state index contributed by atoms with van der Waals surface area (Å²) in [6, 6.07) is 14.2. The van der Waals surface area contributed by atoms with Gasteiger partial charge in [-0.25, -0.2) is 0 Å². The number of ether oxygens (including phenoxy) is 1. The number of carbonyl (C=O) groups is 1. The topological polar surface area (TPSA) is 38.3 Å². The number of nitrogens with one attached hydrogen (secondary N) is 1. The van der Waals surface area contributed by atoms with Crippen molar-refractivity contribution in [3.63, 3.8) is 0 Å². The summed E-state index contributed by atoms with van der Waals surface area (Å²) < 4.78 is 5.47. The molecule has 2 aromatic rings. The zero-order valence-electron chi connectivity index (χ0n) is 16.4. The third-order valence-corrected chi connectivity index (χ3v) is 5.22. The van der Waals surface area contributed by atoms with Crippen molar-refractivity contribution in [3.05, 3.63) is 76.7 Å². The fraction of sp³-hybridized carbons (Fsp3) is 0.333. The standard InChI is InChI=1S/C24H28NO2/c1-17-5-4-6-20(15-17)7-10-24(26)25-22-8-9-23(18(2)16-22)19(3)21-11-13-27-14-12-21/h4-10,15-16,21H,11-14H2,1-3H3,(H,25,26). The summed E-state index contributed by atoms with van der Waals surface area (Å²) in [7, 11) is 0. The molecule has 1 amide bonds. The molecule has 1 aliphatic rings. The molecule has 0 atom stereocenters. The summed E-state index contributed by atoms with van der Waals surface area (Å²) in [6.45, 7) is 8.07. The first kappa shape index (κ1) is 19.4. The van der Waals surface area contributed by atoms with Crippen LogP contribution in [-0.4, -0.2) is 19.1 Å². The lowest BCUT2D eigenvalue weighted by Gasteiger charge is -2.28. The molecule has 141 valence electrons. The zero-order chi connectivity index (χ0) is 19.2. The monoisotopic (exact) mass is 362 g/mol. The highest BCUT2D eigenvalue weighted by Gasteiger charge is 2.23. The molecule has 1 aliphatic heterocycles. The molecule has 1 heterocycles. The van der Waals surface area contributed by atoms with Gasteiger partial charge in [-0.05, 0) is 67.5 Å². The van der Waals surface area contributed by atoms with Crippen molar-refractivity contribution in [2.75, 3.05) is 18.5 Å². The second kappa shape index (κ2) is 9.01. The minimum absolute atomic E-state index is 0.117. The molecule has 27 heavy (non-hydrogen) atoms. The van der Waals surface area contributed by atoms with E-state index in [4.69, 9.17) is 4.74 Å². The summed E-state index contributed by atoms with van der Waals surface area (Å²) in [5, 5.41) is 2.96. The first-order valence-electron chi connectivity index (χ1n) is 9.61. The van der Waals surface area contributed by atoms with Gasteiger partial charge in [-0.2, -0.15) is 0 Å². The summed E-state index contributed by atoms with van der Waals surface area (Å²) >= 11 is 0. The molecular formula is C24H28NO2. The largest absolute Gasteiger partial charge is 0.381 e. The lowest BCUT2D eigenvalue weighted by molar-refractivity contribution is -0.111. The first-order chi connectivity index (χ1) is 13.0. The summed E-state index contributed by atoms with van der Waals surface area (Å²) in [5.74, 6) is 1.90.